The zero-order valence-electron chi connectivity index (χ0n) is 38.4. The van der Waals surface area contributed by atoms with Crippen LogP contribution in [0, 0.1) is 0 Å². The molecule has 0 aromatic heterocycles. The molecule has 1 saturated heterocycles. The van der Waals surface area contributed by atoms with Crippen molar-refractivity contribution in [3.05, 3.63) is 85.1 Å². The van der Waals surface area contributed by atoms with Gasteiger partial charge in [-0.1, -0.05) is 144 Å². The van der Waals surface area contributed by atoms with Gasteiger partial charge in [-0.15, -0.1) is 0 Å². The van der Waals surface area contributed by atoms with Gasteiger partial charge in [-0.05, 0) is 89.9 Å². The molecule has 0 saturated carbocycles. The van der Waals surface area contributed by atoms with Crippen LogP contribution in [-0.2, 0) is 38.7 Å². The van der Waals surface area contributed by atoms with Gasteiger partial charge in [-0.2, -0.15) is 8.42 Å². The van der Waals surface area contributed by atoms with Crippen molar-refractivity contribution in [1.29, 1.82) is 0 Å². The number of carbonyl (C=O) groups is 2. The van der Waals surface area contributed by atoms with Gasteiger partial charge in [0.2, 0.25) is 0 Å². The number of aliphatic hydroxyl groups is 3. The van der Waals surface area contributed by atoms with Crippen LogP contribution in [0.5, 0.6) is 0 Å². The SMILES string of the molecule is CC/C=C\C/C=C\C/C=C\C/C=C\C/C=C\CCCCCC(=O)OC(COC(=O)CCCCCCC/C=C\C/C=C\CCCCCC)COC1OC(CS(=O)(=O)O)C(O)C(O)C1O. The van der Waals surface area contributed by atoms with Crippen molar-refractivity contribution in [3.63, 3.8) is 0 Å². The van der Waals surface area contributed by atoms with Crippen molar-refractivity contribution in [3.8, 4) is 0 Å². The van der Waals surface area contributed by atoms with Crippen molar-refractivity contribution in [2.24, 2.45) is 0 Å². The highest BCUT2D eigenvalue weighted by atomic mass is 32.2. The van der Waals surface area contributed by atoms with Crippen molar-refractivity contribution >= 4 is 22.1 Å². The van der Waals surface area contributed by atoms with Crippen molar-refractivity contribution < 1.29 is 56.8 Å². The maximum atomic E-state index is 12.8. The van der Waals surface area contributed by atoms with Gasteiger partial charge in [0, 0.05) is 12.8 Å². The summed E-state index contributed by atoms with van der Waals surface area (Å²) in [7, 11) is -4.61. The first-order chi connectivity index (χ1) is 30.5. The minimum absolute atomic E-state index is 0.117. The summed E-state index contributed by atoms with van der Waals surface area (Å²) in [5.74, 6) is -2.06. The second kappa shape index (κ2) is 39.2. The fraction of sp³-hybridized carbons (Fsp3) is 0.680. The molecule has 0 aromatic rings. The van der Waals surface area contributed by atoms with Gasteiger partial charge >= 0.3 is 11.9 Å². The third kappa shape index (κ3) is 33.9. The monoisotopic (exact) mass is 907 g/mol. The van der Waals surface area contributed by atoms with Crippen LogP contribution in [0.3, 0.4) is 0 Å². The zero-order valence-corrected chi connectivity index (χ0v) is 39.2. The molecule has 13 heteroatoms. The molecule has 0 aliphatic carbocycles. The van der Waals surface area contributed by atoms with Gasteiger partial charge in [0.1, 0.15) is 36.8 Å². The van der Waals surface area contributed by atoms with Gasteiger partial charge in [0.25, 0.3) is 10.1 Å². The van der Waals surface area contributed by atoms with E-state index in [4.69, 9.17) is 18.9 Å². The predicted octanol–water partition coefficient (Wildman–Crippen LogP) is 10.1. The van der Waals surface area contributed by atoms with Crippen LogP contribution in [0.25, 0.3) is 0 Å². The van der Waals surface area contributed by atoms with Crippen LogP contribution in [-0.4, -0.2) is 96.0 Å². The van der Waals surface area contributed by atoms with Crippen LogP contribution in [0.2, 0.25) is 0 Å². The highest BCUT2D eigenvalue weighted by molar-refractivity contribution is 7.85. The van der Waals surface area contributed by atoms with E-state index in [1.165, 1.54) is 25.7 Å². The molecule has 6 unspecified atom stereocenters. The molecule has 1 aliphatic heterocycles. The average molecular weight is 907 g/mol. The second-order valence-electron chi connectivity index (χ2n) is 16.0. The van der Waals surface area contributed by atoms with Gasteiger partial charge < -0.3 is 34.3 Å². The van der Waals surface area contributed by atoms with Gasteiger partial charge in [-0.3, -0.25) is 14.1 Å². The van der Waals surface area contributed by atoms with E-state index in [-0.39, 0.29) is 19.4 Å². The van der Waals surface area contributed by atoms with Crippen molar-refractivity contribution in [1.82, 2.24) is 0 Å². The fourth-order valence-corrected chi connectivity index (χ4v) is 7.25. The summed E-state index contributed by atoms with van der Waals surface area (Å²) in [5, 5.41) is 30.9. The number of rotatable bonds is 38. The highest BCUT2D eigenvalue weighted by Crippen LogP contribution is 2.24. The lowest BCUT2D eigenvalue weighted by Gasteiger charge is -2.40. The van der Waals surface area contributed by atoms with E-state index in [0.717, 1.165) is 96.3 Å². The molecular formula is C50H82O12S. The minimum Gasteiger partial charge on any atom is -0.462 e. The molecule has 360 valence electrons. The summed E-state index contributed by atoms with van der Waals surface area (Å²) >= 11 is 0. The maximum absolute atomic E-state index is 12.8. The van der Waals surface area contributed by atoms with Crippen LogP contribution < -0.4 is 0 Å². The Kier molecular flexibility index (Phi) is 36.0. The molecule has 6 atom stereocenters. The maximum Gasteiger partial charge on any atom is 0.306 e. The molecule has 0 amide bonds. The van der Waals surface area contributed by atoms with Crippen molar-refractivity contribution in [2.45, 2.75) is 198 Å². The largest absolute Gasteiger partial charge is 0.462 e. The minimum atomic E-state index is -4.61. The van der Waals surface area contributed by atoms with Gasteiger partial charge in [0.05, 0.1) is 6.61 Å². The molecule has 0 aromatic carbocycles. The molecule has 0 radical (unpaired) electrons. The highest BCUT2D eigenvalue weighted by Gasteiger charge is 2.46. The third-order valence-corrected chi connectivity index (χ3v) is 11.0. The first kappa shape index (κ1) is 57.8. The van der Waals surface area contributed by atoms with E-state index in [1.54, 1.807) is 0 Å². The van der Waals surface area contributed by atoms with E-state index in [1.807, 2.05) is 0 Å². The summed E-state index contributed by atoms with van der Waals surface area (Å²) in [6.45, 7) is 3.58. The Morgan fingerprint density at radius 3 is 1.51 bits per heavy atom. The standard InChI is InChI=1S/C50H82O12S/c1-3-5-7-9-11-13-15-17-19-21-22-23-25-27-29-31-33-35-37-39-46(52)61-43(41-60-50-49(55)48(54)47(53)44(62-50)42-63(56,57)58)40-59-45(51)38-36-34-32-30-28-26-24-20-18-16-14-12-10-8-6-4-2/h5,7,11,13-14,16-17,19-20,22-24,27,29,43-44,47-50,53-55H,3-4,6,8-10,12,15,18,21,25-26,28,30-42H2,1-2H3,(H,56,57,58)/b7-5-,13-11-,16-14-,19-17-,23-22-,24-20-,29-27-. The molecule has 12 nitrogen and oxygen atoms in total. The lowest BCUT2D eigenvalue weighted by Crippen LogP contribution is -2.60. The normalized spacial score (nSPS) is 20.5. The first-order valence-corrected chi connectivity index (χ1v) is 25.3. The number of hydrogen-bond donors (Lipinski definition) is 4. The molecule has 63 heavy (non-hydrogen) atoms. The smallest absolute Gasteiger partial charge is 0.306 e. The number of allylic oxidation sites excluding steroid dienone is 14. The Morgan fingerprint density at radius 2 is 1.00 bits per heavy atom. The Balaban J connectivity index is 2.48. The Hall–Kier alpha value is -3.17. The number of aliphatic hydroxyl groups excluding tert-OH is 3. The van der Waals surface area contributed by atoms with Gasteiger partial charge in [0.15, 0.2) is 12.4 Å². The fourth-order valence-electron chi connectivity index (χ4n) is 6.56. The lowest BCUT2D eigenvalue weighted by atomic mass is 10.00. The second-order valence-corrected chi connectivity index (χ2v) is 17.5. The summed E-state index contributed by atoms with van der Waals surface area (Å²) in [6, 6.07) is 0. The number of ether oxygens (including phenoxy) is 4. The van der Waals surface area contributed by atoms with E-state index >= 15 is 0 Å². The molecule has 4 N–H and O–H groups in total. The Labute approximate surface area is 380 Å². The molecule has 0 bridgehead atoms. The van der Waals surface area contributed by atoms with Crippen LogP contribution in [0.4, 0.5) is 0 Å². The van der Waals surface area contributed by atoms with Crippen LogP contribution in [0.15, 0.2) is 85.1 Å². The molecular weight excluding hydrogens is 825 g/mol. The van der Waals surface area contributed by atoms with E-state index < -0.39 is 71.2 Å². The number of carbonyl (C=O) groups excluding carboxylic acids is 2. The van der Waals surface area contributed by atoms with E-state index in [2.05, 4.69) is 98.9 Å². The van der Waals surface area contributed by atoms with E-state index in [0.29, 0.717) is 12.8 Å². The third-order valence-electron chi connectivity index (χ3n) is 10.2. The first-order valence-electron chi connectivity index (χ1n) is 23.6. The number of hydrogen-bond acceptors (Lipinski definition) is 11. The van der Waals surface area contributed by atoms with Crippen molar-refractivity contribution in [2.75, 3.05) is 19.0 Å². The molecule has 1 aliphatic rings. The zero-order chi connectivity index (χ0) is 46.2. The number of unbranched alkanes of at least 4 members (excludes halogenated alkanes) is 12. The van der Waals surface area contributed by atoms with Crippen LogP contribution in [0.1, 0.15) is 162 Å². The lowest BCUT2D eigenvalue weighted by molar-refractivity contribution is -0.297. The Morgan fingerprint density at radius 1 is 0.556 bits per heavy atom. The summed E-state index contributed by atoms with van der Waals surface area (Å²) < 4.78 is 54.1. The van der Waals surface area contributed by atoms with Crippen LogP contribution >= 0.6 is 0 Å². The molecule has 1 rings (SSSR count). The summed E-state index contributed by atoms with van der Waals surface area (Å²) in [5.41, 5.74) is 0. The summed E-state index contributed by atoms with van der Waals surface area (Å²) in [4.78, 5) is 25.4. The topological polar surface area (TPSA) is 186 Å². The molecule has 1 heterocycles. The predicted molar refractivity (Wildman–Crippen MR) is 251 cm³/mol. The molecule has 0 spiro atoms. The Bertz CT molecular complexity index is 1480. The van der Waals surface area contributed by atoms with E-state index in [9.17, 15) is 37.9 Å². The summed E-state index contributed by atoms with van der Waals surface area (Å²) in [6.07, 6.45) is 41.9. The molecule has 1 fully saturated rings. The quantitative estimate of drug-likeness (QED) is 0.0199. The average Bonchev–Trinajstić information content (AvgIpc) is 3.25. The van der Waals surface area contributed by atoms with Gasteiger partial charge in [-0.25, -0.2) is 0 Å². The number of esters is 2.